The van der Waals surface area contributed by atoms with Gasteiger partial charge < -0.3 is 19.9 Å². The zero-order chi connectivity index (χ0) is 22.3. The van der Waals surface area contributed by atoms with Crippen LogP contribution in [0.5, 0.6) is 5.75 Å². The largest absolute Gasteiger partial charge is 0.494 e. The normalized spacial score (nSPS) is 15.6. The monoisotopic (exact) mass is 438 g/mol. The van der Waals surface area contributed by atoms with Crippen LogP contribution in [0.15, 0.2) is 48.5 Å². The second kappa shape index (κ2) is 10.6. The maximum absolute atomic E-state index is 13.2. The van der Waals surface area contributed by atoms with E-state index in [4.69, 9.17) is 9.47 Å². The Morgan fingerprint density at radius 2 is 1.94 bits per heavy atom. The topological polar surface area (TPSA) is 88.8 Å². The van der Waals surface area contributed by atoms with Crippen LogP contribution in [0.2, 0.25) is 0 Å². The van der Waals surface area contributed by atoms with Gasteiger partial charge in [0.05, 0.1) is 39.5 Å². The van der Waals surface area contributed by atoms with Crippen LogP contribution in [-0.4, -0.2) is 78.3 Å². The summed E-state index contributed by atoms with van der Waals surface area (Å²) in [5.41, 5.74) is 2.19. The highest BCUT2D eigenvalue weighted by Gasteiger charge is 2.23. The molecule has 4 rings (SSSR count). The summed E-state index contributed by atoms with van der Waals surface area (Å²) in [6.45, 7) is 4.55. The molecule has 32 heavy (non-hydrogen) atoms. The highest BCUT2D eigenvalue weighted by Crippen LogP contribution is 2.28. The first-order chi connectivity index (χ1) is 15.7. The molecular weight excluding hydrogens is 408 g/mol. The molecule has 1 aromatic heterocycles. The predicted molar refractivity (Wildman–Crippen MR) is 122 cm³/mol. The molecule has 0 radical (unpaired) electrons. The smallest absolute Gasteiger partial charge is 0.272 e. The van der Waals surface area contributed by atoms with Crippen LogP contribution in [0.1, 0.15) is 16.1 Å². The molecule has 0 bridgehead atoms. The van der Waals surface area contributed by atoms with Gasteiger partial charge >= 0.3 is 0 Å². The van der Waals surface area contributed by atoms with Crippen molar-refractivity contribution >= 4 is 16.8 Å². The van der Waals surface area contributed by atoms with Gasteiger partial charge in [0.2, 0.25) is 0 Å². The molecule has 0 spiro atoms. The second-order valence-electron chi connectivity index (χ2n) is 7.92. The van der Waals surface area contributed by atoms with Crippen LogP contribution >= 0.6 is 0 Å². The van der Waals surface area contributed by atoms with E-state index in [1.165, 1.54) is 0 Å². The van der Waals surface area contributed by atoms with Crippen molar-refractivity contribution in [3.63, 3.8) is 0 Å². The molecule has 170 valence electrons. The molecule has 0 saturated carbocycles. The quantitative estimate of drug-likeness (QED) is 0.529. The van der Waals surface area contributed by atoms with Crippen LogP contribution in [-0.2, 0) is 17.7 Å². The van der Waals surface area contributed by atoms with Gasteiger partial charge in [-0.25, -0.2) is 0 Å². The van der Waals surface area contributed by atoms with Crippen molar-refractivity contribution in [2.75, 3.05) is 46.6 Å². The minimum atomic E-state index is -0.399. The SMILES string of the molecule is COc1cccc2c(C(=O)NC(CO)Cc3ccccc3)nn(CCN3CCOCC3)c12. The lowest BCUT2D eigenvalue weighted by Crippen LogP contribution is -2.39. The number of hydrogen-bond donors (Lipinski definition) is 2. The Kier molecular flexibility index (Phi) is 7.36. The summed E-state index contributed by atoms with van der Waals surface area (Å²) in [6, 6.07) is 15.0. The zero-order valence-corrected chi connectivity index (χ0v) is 18.4. The van der Waals surface area contributed by atoms with Gasteiger partial charge in [0.25, 0.3) is 5.91 Å². The van der Waals surface area contributed by atoms with Crippen LogP contribution < -0.4 is 10.1 Å². The molecule has 1 aliphatic rings. The molecular formula is C24H30N4O4. The second-order valence-corrected chi connectivity index (χ2v) is 7.92. The number of carbonyl (C=O) groups excluding carboxylic acids is 1. The van der Waals surface area contributed by atoms with E-state index in [0.717, 1.165) is 49.3 Å². The number of aromatic nitrogens is 2. The third-order valence-corrected chi connectivity index (χ3v) is 5.78. The van der Waals surface area contributed by atoms with Gasteiger partial charge in [0.1, 0.15) is 11.3 Å². The van der Waals surface area contributed by atoms with Gasteiger partial charge in [-0.05, 0) is 18.1 Å². The Balaban J connectivity index is 1.56. The number of nitrogens with zero attached hydrogens (tertiary/aromatic N) is 3. The average molecular weight is 439 g/mol. The number of aliphatic hydroxyl groups is 1. The number of carbonyl (C=O) groups is 1. The fourth-order valence-electron chi connectivity index (χ4n) is 4.07. The van der Waals surface area contributed by atoms with Crippen LogP contribution in [0.4, 0.5) is 0 Å². The van der Waals surface area contributed by atoms with Gasteiger partial charge in [0.15, 0.2) is 5.69 Å². The van der Waals surface area contributed by atoms with E-state index < -0.39 is 6.04 Å². The number of benzene rings is 2. The first kappa shape index (κ1) is 22.3. The van der Waals surface area contributed by atoms with Gasteiger partial charge in [-0.3, -0.25) is 14.4 Å². The number of methoxy groups -OCH3 is 1. The Morgan fingerprint density at radius 3 is 2.66 bits per heavy atom. The maximum atomic E-state index is 13.2. The molecule has 1 atom stereocenters. The summed E-state index contributed by atoms with van der Waals surface area (Å²) < 4.78 is 12.8. The van der Waals surface area contributed by atoms with Gasteiger partial charge in [-0.15, -0.1) is 0 Å². The van der Waals surface area contributed by atoms with Crippen molar-refractivity contribution in [3.05, 3.63) is 59.8 Å². The van der Waals surface area contributed by atoms with E-state index in [-0.39, 0.29) is 12.5 Å². The number of para-hydroxylation sites is 1. The van der Waals surface area contributed by atoms with Crippen molar-refractivity contribution in [1.82, 2.24) is 20.0 Å². The van der Waals surface area contributed by atoms with E-state index >= 15 is 0 Å². The number of amides is 1. The molecule has 2 heterocycles. The van der Waals surface area contributed by atoms with Crippen molar-refractivity contribution in [1.29, 1.82) is 0 Å². The summed E-state index contributed by atoms with van der Waals surface area (Å²) >= 11 is 0. The Bertz CT molecular complexity index is 1030. The first-order valence-corrected chi connectivity index (χ1v) is 11.0. The average Bonchev–Trinajstić information content (AvgIpc) is 3.22. The summed E-state index contributed by atoms with van der Waals surface area (Å²) in [7, 11) is 1.62. The lowest BCUT2D eigenvalue weighted by atomic mass is 10.1. The molecule has 3 aromatic rings. The molecule has 8 heteroatoms. The van der Waals surface area contributed by atoms with E-state index in [1.54, 1.807) is 7.11 Å². The summed E-state index contributed by atoms with van der Waals surface area (Å²) in [4.78, 5) is 15.5. The molecule has 1 amide bonds. The zero-order valence-electron chi connectivity index (χ0n) is 18.4. The minimum Gasteiger partial charge on any atom is -0.494 e. The highest BCUT2D eigenvalue weighted by molar-refractivity contribution is 6.06. The van der Waals surface area contributed by atoms with E-state index in [2.05, 4.69) is 15.3 Å². The molecule has 1 aliphatic heterocycles. The molecule has 1 saturated heterocycles. The fourth-order valence-corrected chi connectivity index (χ4v) is 4.07. The van der Waals surface area contributed by atoms with E-state index in [0.29, 0.717) is 24.4 Å². The van der Waals surface area contributed by atoms with Gasteiger partial charge in [0, 0.05) is 25.0 Å². The number of fused-ring (bicyclic) bond motifs is 1. The summed E-state index contributed by atoms with van der Waals surface area (Å²) in [5.74, 6) is 0.377. The highest BCUT2D eigenvalue weighted by atomic mass is 16.5. The van der Waals surface area contributed by atoms with Crippen LogP contribution in [0, 0.1) is 0 Å². The first-order valence-electron chi connectivity index (χ1n) is 11.0. The van der Waals surface area contributed by atoms with Crippen LogP contribution in [0.3, 0.4) is 0 Å². The molecule has 8 nitrogen and oxygen atoms in total. The standard InChI is InChI=1S/C24H30N4O4/c1-31-21-9-5-8-20-22(24(30)25-19(17-29)16-18-6-3-2-4-7-18)26-28(23(20)21)11-10-27-12-14-32-15-13-27/h2-9,19,29H,10-17H2,1H3,(H,25,30). The summed E-state index contributed by atoms with van der Waals surface area (Å²) in [5, 5.41) is 18.2. The minimum absolute atomic E-state index is 0.153. The lowest BCUT2D eigenvalue weighted by Gasteiger charge is -2.26. The fraction of sp³-hybridized carbons (Fsp3) is 0.417. The molecule has 0 aliphatic carbocycles. The maximum Gasteiger partial charge on any atom is 0.272 e. The molecule has 2 aromatic carbocycles. The Hall–Kier alpha value is -2.94. The predicted octanol–water partition coefficient (Wildman–Crippen LogP) is 1.71. The van der Waals surface area contributed by atoms with E-state index in [1.807, 2.05) is 53.2 Å². The third-order valence-electron chi connectivity index (χ3n) is 5.78. The Labute approximate surface area is 187 Å². The Morgan fingerprint density at radius 1 is 1.16 bits per heavy atom. The molecule has 1 unspecified atom stereocenters. The van der Waals surface area contributed by atoms with Crippen molar-refractivity contribution in [2.24, 2.45) is 0 Å². The molecule has 2 N–H and O–H groups in total. The van der Waals surface area contributed by atoms with Crippen LogP contribution in [0.25, 0.3) is 10.9 Å². The number of aliphatic hydroxyl groups excluding tert-OH is 1. The number of hydrogen-bond acceptors (Lipinski definition) is 6. The number of nitrogens with one attached hydrogen (secondary N) is 1. The lowest BCUT2D eigenvalue weighted by molar-refractivity contribution is 0.0361. The van der Waals surface area contributed by atoms with Crippen molar-refractivity contribution in [3.8, 4) is 5.75 Å². The van der Waals surface area contributed by atoms with Gasteiger partial charge in [-0.1, -0.05) is 42.5 Å². The number of rotatable bonds is 9. The number of ether oxygens (including phenoxy) is 2. The number of morpholine rings is 1. The van der Waals surface area contributed by atoms with Crippen molar-refractivity contribution < 1.29 is 19.4 Å². The van der Waals surface area contributed by atoms with Gasteiger partial charge in [-0.2, -0.15) is 5.10 Å². The van der Waals surface area contributed by atoms with Crippen molar-refractivity contribution in [2.45, 2.75) is 19.0 Å². The molecule has 1 fully saturated rings. The van der Waals surface area contributed by atoms with E-state index in [9.17, 15) is 9.90 Å². The third kappa shape index (κ3) is 5.09. The summed E-state index contributed by atoms with van der Waals surface area (Å²) in [6.07, 6.45) is 0.544.